The van der Waals surface area contributed by atoms with E-state index in [1.807, 2.05) is 6.92 Å². The number of aromatic nitrogens is 2. The van der Waals surface area contributed by atoms with Gasteiger partial charge in [0.15, 0.2) is 0 Å². The van der Waals surface area contributed by atoms with Gasteiger partial charge in [-0.3, -0.25) is 0 Å². The van der Waals surface area contributed by atoms with E-state index in [1.165, 1.54) is 12.1 Å². The molecule has 0 saturated carbocycles. The molecule has 5 heteroatoms. The average molecular weight is 387 g/mol. The lowest BCUT2D eigenvalue weighted by Gasteiger charge is -2.16. The first-order valence-corrected chi connectivity index (χ1v) is 7.56. The van der Waals surface area contributed by atoms with Crippen LogP contribution in [-0.4, -0.2) is 9.78 Å². The molecule has 0 atom stereocenters. The summed E-state index contributed by atoms with van der Waals surface area (Å²) in [4.78, 5) is 0. The Balaban J connectivity index is 2.50. The van der Waals surface area contributed by atoms with Gasteiger partial charge in [-0.1, -0.05) is 20.8 Å². The number of rotatable bonds is 2. The van der Waals surface area contributed by atoms with Gasteiger partial charge in [0, 0.05) is 0 Å². The Morgan fingerprint density at radius 3 is 2.55 bits per heavy atom. The third kappa shape index (κ3) is 3.13. The minimum atomic E-state index is -0.249. The van der Waals surface area contributed by atoms with Crippen LogP contribution in [0, 0.1) is 21.7 Å². The number of hydrogen-bond donors (Lipinski definition) is 1. The van der Waals surface area contributed by atoms with Gasteiger partial charge in [0.25, 0.3) is 0 Å². The summed E-state index contributed by atoms with van der Waals surface area (Å²) in [7, 11) is 0. The molecule has 0 fully saturated rings. The van der Waals surface area contributed by atoms with Crippen molar-refractivity contribution < 1.29 is 4.39 Å². The van der Waals surface area contributed by atoms with Crippen molar-refractivity contribution in [1.82, 2.24) is 9.78 Å². The Labute approximate surface area is 132 Å². The number of aryl methyl sites for hydroxylation is 1. The molecule has 2 N–H and O–H groups in total. The van der Waals surface area contributed by atoms with E-state index in [9.17, 15) is 4.39 Å². The van der Waals surface area contributed by atoms with E-state index in [2.05, 4.69) is 48.5 Å². The molecule has 1 aromatic carbocycles. The molecule has 0 bridgehead atoms. The average Bonchev–Trinajstić information content (AvgIpc) is 2.56. The van der Waals surface area contributed by atoms with Crippen LogP contribution >= 0.6 is 22.6 Å². The maximum atomic E-state index is 13.2. The van der Waals surface area contributed by atoms with Crippen molar-refractivity contribution in [3.63, 3.8) is 0 Å². The molecule has 0 saturated heterocycles. The van der Waals surface area contributed by atoms with Crippen LogP contribution in [0.4, 0.5) is 10.2 Å². The van der Waals surface area contributed by atoms with E-state index in [1.54, 1.807) is 10.7 Å². The molecule has 1 heterocycles. The normalized spacial score (nSPS) is 11.9. The number of nitrogens with two attached hydrogens (primary N) is 1. The summed E-state index contributed by atoms with van der Waals surface area (Å²) in [6.45, 7) is 8.36. The first-order valence-electron chi connectivity index (χ1n) is 6.48. The van der Waals surface area contributed by atoms with E-state index in [-0.39, 0.29) is 11.2 Å². The number of anilines is 1. The SMILES string of the molecule is Cc1cc(F)ccc1-n1nc(CC(C)(C)C)c(I)c1N. The van der Waals surface area contributed by atoms with Gasteiger partial charge in [-0.05, 0) is 65.1 Å². The summed E-state index contributed by atoms with van der Waals surface area (Å²) < 4.78 is 15.9. The van der Waals surface area contributed by atoms with Crippen molar-refractivity contribution in [2.45, 2.75) is 34.1 Å². The lowest BCUT2D eigenvalue weighted by Crippen LogP contribution is -2.11. The van der Waals surface area contributed by atoms with Crippen molar-refractivity contribution in [2.75, 3.05) is 5.73 Å². The third-order valence-electron chi connectivity index (χ3n) is 3.01. The topological polar surface area (TPSA) is 43.8 Å². The minimum absolute atomic E-state index is 0.142. The fourth-order valence-electron chi connectivity index (χ4n) is 2.11. The maximum Gasteiger partial charge on any atom is 0.141 e. The summed E-state index contributed by atoms with van der Waals surface area (Å²) >= 11 is 2.23. The quantitative estimate of drug-likeness (QED) is 0.789. The molecular weight excluding hydrogens is 368 g/mol. The highest BCUT2D eigenvalue weighted by molar-refractivity contribution is 14.1. The monoisotopic (exact) mass is 387 g/mol. The Kier molecular flexibility index (Phi) is 4.09. The zero-order chi connectivity index (χ0) is 15.1. The van der Waals surface area contributed by atoms with Gasteiger partial charge >= 0.3 is 0 Å². The second-order valence-electron chi connectivity index (χ2n) is 6.23. The van der Waals surface area contributed by atoms with Crippen LogP contribution in [0.25, 0.3) is 5.69 Å². The summed E-state index contributed by atoms with van der Waals surface area (Å²) in [6, 6.07) is 4.64. The molecule has 108 valence electrons. The van der Waals surface area contributed by atoms with Crippen molar-refractivity contribution in [2.24, 2.45) is 5.41 Å². The van der Waals surface area contributed by atoms with E-state index in [4.69, 9.17) is 5.73 Å². The molecule has 0 radical (unpaired) electrons. The zero-order valence-electron chi connectivity index (χ0n) is 12.2. The second-order valence-corrected chi connectivity index (χ2v) is 7.30. The smallest absolute Gasteiger partial charge is 0.141 e. The molecule has 2 aromatic rings. The zero-order valence-corrected chi connectivity index (χ0v) is 14.3. The molecular formula is C15H19FIN3. The van der Waals surface area contributed by atoms with Gasteiger partial charge in [0.2, 0.25) is 0 Å². The summed E-state index contributed by atoms with van der Waals surface area (Å²) in [5.74, 6) is 0.362. The third-order valence-corrected chi connectivity index (χ3v) is 4.19. The van der Waals surface area contributed by atoms with Gasteiger partial charge in [-0.2, -0.15) is 5.10 Å². The number of nitrogens with zero attached hydrogens (tertiary/aromatic N) is 2. The highest BCUT2D eigenvalue weighted by atomic mass is 127. The number of hydrogen-bond acceptors (Lipinski definition) is 2. The lowest BCUT2D eigenvalue weighted by molar-refractivity contribution is 0.404. The molecule has 0 aliphatic carbocycles. The van der Waals surface area contributed by atoms with E-state index in [0.29, 0.717) is 5.82 Å². The van der Waals surface area contributed by atoms with Gasteiger partial charge < -0.3 is 5.73 Å². The number of benzene rings is 1. The summed E-state index contributed by atoms with van der Waals surface area (Å²) in [5.41, 5.74) is 8.93. The Morgan fingerprint density at radius 2 is 2.00 bits per heavy atom. The maximum absolute atomic E-state index is 13.2. The first-order chi connectivity index (χ1) is 9.19. The van der Waals surface area contributed by atoms with Crippen LogP contribution in [-0.2, 0) is 6.42 Å². The van der Waals surface area contributed by atoms with Crippen molar-refractivity contribution in [3.8, 4) is 5.69 Å². The Bertz CT molecular complexity index is 641. The predicted octanol–water partition coefficient (Wildman–Crippen LogP) is 4.10. The second kappa shape index (κ2) is 5.35. The highest BCUT2D eigenvalue weighted by Crippen LogP contribution is 2.29. The van der Waals surface area contributed by atoms with E-state index in [0.717, 1.165) is 26.9 Å². The first kappa shape index (κ1) is 15.3. The molecule has 0 unspecified atom stereocenters. The Morgan fingerprint density at radius 1 is 1.35 bits per heavy atom. The molecule has 0 aliphatic rings. The van der Waals surface area contributed by atoms with Crippen molar-refractivity contribution in [1.29, 1.82) is 0 Å². The van der Waals surface area contributed by atoms with Gasteiger partial charge in [-0.25, -0.2) is 9.07 Å². The van der Waals surface area contributed by atoms with Crippen LogP contribution in [0.3, 0.4) is 0 Å². The summed E-state index contributed by atoms with van der Waals surface area (Å²) in [6.07, 6.45) is 0.850. The van der Waals surface area contributed by atoms with Crippen LogP contribution in [0.5, 0.6) is 0 Å². The molecule has 2 rings (SSSR count). The van der Waals surface area contributed by atoms with Crippen LogP contribution in [0.15, 0.2) is 18.2 Å². The fourth-order valence-corrected chi connectivity index (χ4v) is 2.64. The largest absolute Gasteiger partial charge is 0.383 e. The highest BCUT2D eigenvalue weighted by Gasteiger charge is 2.20. The Hall–Kier alpha value is -1.11. The van der Waals surface area contributed by atoms with Gasteiger partial charge in [0.05, 0.1) is 15.0 Å². The van der Waals surface area contributed by atoms with Gasteiger partial charge in [-0.15, -0.1) is 0 Å². The standard InChI is InChI=1S/C15H19FIN3/c1-9-7-10(16)5-6-12(9)20-14(18)13(17)11(19-20)8-15(2,3)4/h5-7H,8,18H2,1-4H3. The number of nitrogen functional groups attached to an aromatic ring is 1. The van der Waals surface area contributed by atoms with Gasteiger partial charge in [0.1, 0.15) is 11.6 Å². The number of halogens is 2. The molecule has 1 aromatic heterocycles. The molecule has 20 heavy (non-hydrogen) atoms. The molecule has 0 amide bonds. The van der Waals surface area contributed by atoms with Crippen molar-refractivity contribution in [3.05, 3.63) is 38.8 Å². The fraction of sp³-hybridized carbons (Fsp3) is 0.400. The molecule has 0 spiro atoms. The van der Waals surface area contributed by atoms with Crippen LogP contribution in [0.1, 0.15) is 32.0 Å². The lowest BCUT2D eigenvalue weighted by atomic mass is 9.91. The molecule has 0 aliphatic heterocycles. The van der Waals surface area contributed by atoms with E-state index < -0.39 is 0 Å². The van der Waals surface area contributed by atoms with Crippen molar-refractivity contribution >= 4 is 28.4 Å². The summed E-state index contributed by atoms with van der Waals surface area (Å²) in [5, 5.41) is 4.62. The minimum Gasteiger partial charge on any atom is -0.383 e. The van der Waals surface area contributed by atoms with Crippen LogP contribution in [0.2, 0.25) is 0 Å². The molecule has 3 nitrogen and oxygen atoms in total. The van der Waals surface area contributed by atoms with E-state index >= 15 is 0 Å². The van der Waals surface area contributed by atoms with Crippen LogP contribution < -0.4 is 5.73 Å². The predicted molar refractivity (Wildman–Crippen MR) is 88.5 cm³/mol.